The van der Waals surface area contributed by atoms with E-state index in [2.05, 4.69) is 0 Å². The predicted molar refractivity (Wildman–Crippen MR) is 64.0 cm³/mol. The smallest absolute Gasteiger partial charge is 0.149 e. The summed E-state index contributed by atoms with van der Waals surface area (Å²) in [6, 6.07) is 9.64. The molecule has 1 aromatic carbocycles. The Morgan fingerprint density at radius 3 is 2.69 bits per heavy atom. The zero-order valence-corrected chi connectivity index (χ0v) is 9.69. The molecule has 0 saturated carbocycles. The van der Waals surface area contributed by atoms with Crippen molar-refractivity contribution < 1.29 is 9.53 Å². The molecule has 0 aliphatic heterocycles. The summed E-state index contributed by atoms with van der Waals surface area (Å²) in [4.78, 5) is 11.2. The monoisotopic (exact) mass is 221 g/mol. The van der Waals surface area contributed by atoms with Crippen LogP contribution in [0.25, 0.3) is 0 Å². The van der Waals surface area contributed by atoms with Crippen molar-refractivity contribution in [2.24, 2.45) is 5.73 Å². The molecular weight excluding hydrogens is 202 g/mol. The lowest BCUT2D eigenvalue weighted by molar-refractivity contribution is -0.120. The third-order valence-electron chi connectivity index (χ3n) is 2.33. The molecule has 16 heavy (non-hydrogen) atoms. The SMILES string of the molecule is C[C@@H](N)C(=O)CCCOCc1ccccc1. The van der Waals surface area contributed by atoms with Crippen molar-refractivity contribution in [3.05, 3.63) is 35.9 Å². The highest BCUT2D eigenvalue weighted by Gasteiger charge is 2.06. The van der Waals surface area contributed by atoms with Gasteiger partial charge in [-0.2, -0.15) is 0 Å². The van der Waals surface area contributed by atoms with Gasteiger partial charge < -0.3 is 10.5 Å². The molecule has 0 spiro atoms. The second kappa shape index (κ2) is 7.14. The molecule has 0 radical (unpaired) electrons. The molecule has 0 unspecified atom stereocenters. The molecule has 2 N–H and O–H groups in total. The molecule has 1 aromatic rings. The van der Waals surface area contributed by atoms with Gasteiger partial charge in [-0.05, 0) is 18.9 Å². The first-order chi connectivity index (χ1) is 7.70. The van der Waals surface area contributed by atoms with E-state index in [0.717, 1.165) is 12.0 Å². The Morgan fingerprint density at radius 2 is 2.06 bits per heavy atom. The van der Waals surface area contributed by atoms with Gasteiger partial charge in [0.2, 0.25) is 0 Å². The molecule has 3 nitrogen and oxygen atoms in total. The molecule has 0 fully saturated rings. The number of hydrogen-bond acceptors (Lipinski definition) is 3. The summed E-state index contributed by atoms with van der Waals surface area (Å²) >= 11 is 0. The van der Waals surface area contributed by atoms with Gasteiger partial charge in [-0.25, -0.2) is 0 Å². The quantitative estimate of drug-likeness (QED) is 0.715. The molecule has 0 aliphatic carbocycles. The van der Waals surface area contributed by atoms with E-state index in [1.165, 1.54) is 0 Å². The lowest BCUT2D eigenvalue weighted by Crippen LogP contribution is -2.26. The van der Waals surface area contributed by atoms with Crippen LogP contribution in [0, 0.1) is 0 Å². The minimum Gasteiger partial charge on any atom is -0.377 e. The second-order valence-electron chi connectivity index (χ2n) is 3.90. The van der Waals surface area contributed by atoms with Gasteiger partial charge in [0.15, 0.2) is 0 Å². The fraction of sp³-hybridized carbons (Fsp3) is 0.462. The molecule has 0 aliphatic rings. The maximum Gasteiger partial charge on any atom is 0.149 e. The van der Waals surface area contributed by atoms with Crippen molar-refractivity contribution in [3.63, 3.8) is 0 Å². The fourth-order valence-corrected chi connectivity index (χ4v) is 1.34. The summed E-state index contributed by atoms with van der Waals surface area (Å²) < 4.78 is 5.46. The Balaban J connectivity index is 2.07. The first-order valence-electron chi connectivity index (χ1n) is 5.60. The van der Waals surface area contributed by atoms with Crippen molar-refractivity contribution in [3.8, 4) is 0 Å². The maximum absolute atomic E-state index is 11.2. The molecule has 0 heterocycles. The Hall–Kier alpha value is -1.19. The Labute approximate surface area is 96.6 Å². The van der Waals surface area contributed by atoms with Crippen molar-refractivity contribution >= 4 is 5.78 Å². The molecule has 88 valence electrons. The van der Waals surface area contributed by atoms with E-state index >= 15 is 0 Å². The number of rotatable bonds is 7. The van der Waals surface area contributed by atoms with Crippen LogP contribution in [0.15, 0.2) is 30.3 Å². The molecule has 0 amide bonds. The zero-order chi connectivity index (χ0) is 11.8. The molecule has 1 atom stereocenters. The second-order valence-corrected chi connectivity index (χ2v) is 3.90. The van der Waals surface area contributed by atoms with Crippen LogP contribution in [0.1, 0.15) is 25.3 Å². The molecule has 0 saturated heterocycles. The highest BCUT2D eigenvalue weighted by Crippen LogP contribution is 2.02. The van der Waals surface area contributed by atoms with Crippen molar-refractivity contribution in [2.45, 2.75) is 32.4 Å². The third kappa shape index (κ3) is 5.05. The van der Waals surface area contributed by atoms with Crippen LogP contribution in [0.2, 0.25) is 0 Å². The van der Waals surface area contributed by atoms with Crippen LogP contribution in [0.3, 0.4) is 0 Å². The van der Waals surface area contributed by atoms with Gasteiger partial charge in [0.25, 0.3) is 0 Å². The standard InChI is InChI=1S/C13H19NO2/c1-11(14)13(15)8-5-9-16-10-12-6-3-2-4-7-12/h2-4,6-7,11H,5,8-10,14H2,1H3/t11-/m1/s1. The van der Waals surface area contributed by atoms with E-state index in [1.54, 1.807) is 6.92 Å². The molecule has 0 bridgehead atoms. The number of ether oxygens (including phenoxy) is 1. The van der Waals surface area contributed by atoms with Crippen LogP contribution in [-0.4, -0.2) is 18.4 Å². The summed E-state index contributed by atoms with van der Waals surface area (Å²) in [7, 11) is 0. The zero-order valence-electron chi connectivity index (χ0n) is 9.69. The molecule has 1 rings (SSSR count). The summed E-state index contributed by atoms with van der Waals surface area (Å²) in [5.41, 5.74) is 6.61. The van der Waals surface area contributed by atoms with Crippen molar-refractivity contribution in [1.82, 2.24) is 0 Å². The van der Waals surface area contributed by atoms with Gasteiger partial charge in [0, 0.05) is 13.0 Å². The van der Waals surface area contributed by atoms with E-state index in [-0.39, 0.29) is 11.8 Å². The van der Waals surface area contributed by atoms with Crippen LogP contribution in [0.5, 0.6) is 0 Å². The normalized spacial score (nSPS) is 12.4. The van der Waals surface area contributed by atoms with Gasteiger partial charge in [0.1, 0.15) is 5.78 Å². The molecular formula is C13H19NO2. The fourth-order valence-electron chi connectivity index (χ4n) is 1.34. The predicted octanol–water partition coefficient (Wildman–Crippen LogP) is 1.90. The average molecular weight is 221 g/mol. The third-order valence-corrected chi connectivity index (χ3v) is 2.33. The van der Waals surface area contributed by atoms with Gasteiger partial charge >= 0.3 is 0 Å². The minimum absolute atomic E-state index is 0.100. The van der Waals surface area contributed by atoms with Gasteiger partial charge in [-0.3, -0.25) is 4.79 Å². The van der Waals surface area contributed by atoms with Gasteiger partial charge in [-0.1, -0.05) is 30.3 Å². The average Bonchev–Trinajstić information content (AvgIpc) is 2.29. The van der Waals surface area contributed by atoms with Gasteiger partial charge in [-0.15, -0.1) is 0 Å². The molecule has 0 aromatic heterocycles. The van der Waals surface area contributed by atoms with E-state index < -0.39 is 0 Å². The van der Waals surface area contributed by atoms with Crippen LogP contribution in [0.4, 0.5) is 0 Å². The minimum atomic E-state index is -0.353. The summed E-state index contributed by atoms with van der Waals surface area (Å²) in [6.45, 7) is 2.92. The number of carbonyl (C=O) groups excluding carboxylic acids is 1. The number of carbonyl (C=O) groups is 1. The Kier molecular flexibility index (Phi) is 5.75. The van der Waals surface area contributed by atoms with Crippen molar-refractivity contribution in [2.75, 3.05) is 6.61 Å². The number of benzene rings is 1. The number of Topliss-reactive ketones (excluding diaryl/α,β-unsaturated/α-hetero) is 1. The number of nitrogens with two attached hydrogens (primary N) is 1. The lowest BCUT2D eigenvalue weighted by Gasteiger charge is -2.05. The van der Waals surface area contributed by atoms with Crippen LogP contribution in [-0.2, 0) is 16.1 Å². The highest BCUT2D eigenvalue weighted by atomic mass is 16.5. The summed E-state index contributed by atoms with van der Waals surface area (Å²) in [6.07, 6.45) is 1.25. The first-order valence-corrected chi connectivity index (χ1v) is 5.60. The maximum atomic E-state index is 11.2. The van der Waals surface area contributed by atoms with Gasteiger partial charge in [0.05, 0.1) is 12.6 Å². The summed E-state index contributed by atoms with van der Waals surface area (Å²) in [5.74, 6) is 0.100. The van der Waals surface area contributed by atoms with E-state index in [9.17, 15) is 4.79 Å². The summed E-state index contributed by atoms with van der Waals surface area (Å²) in [5, 5.41) is 0. The van der Waals surface area contributed by atoms with Crippen LogP contribution < -0.4 is 5.73 Å². The van der Waals surface area contributed by atoms with Crippen LogP contribution >= 0.6 is 0 Å². The van der Waals surface area contributed by atoms with E-state index in [1.807, 2.05) is 30.3 Å². The number of hydrogen-bond donors (Lipinski definition) is 1. The Bertz CT molecular complexity index is 309. The van der Waals surface area contributed by atoms with E-state index in [0.29, 0.717) is 19.6 Å². The topological polar surface area (TPSA) is 52.3 Å². The number of ketones is 1. The highest BCUT2D eigenvalue weighted by molar-refractivity contribution is 5.83. The largest absolute Gasteiger partial charge is 0.377 e. The lowest BCUT2D eigenvalue weighted by atomic mass is 10.1. The molecule has 3 heteroatoms. The van der Waals surface area contributed by atoms with E-state index in [4.69, 9.17) is 10.5 Å². The van der Waals surface area contributed by atoms with Crippen molar-refractivity contribution in [1.29, 1.82) is 0 Å². The Morgan fingerprint density at radius 1 is 1.38 bits per heavy atom. The first kappa shape index (κ1) is 12.9.